The zero-order valence-corrected chi connectivity index (χ0v) is 9.28. The van der Waals surface area contributed by atoms with Gasteiger partial charge < -0.3 is 9.15 Å². The maximum absolute atomic E-state index is 12.3. The molecule has 4 nitrogen and oxygen atoms in total. The molecule has 0 radical (unpaired) electrons. The molecular formula is C12H8F2O4. The zero-order valence-electron chi connectivity index (χ0n) is 9.28. The highest BCUT2D eigenvalue weighted by molar-refractivity contribution is 6.00. The van der Waals surface area contributed by atoms with Crippen LogP contribution in [0, 0.1) is 0 Å². The average molecular weight is 254 g/mol. The van der Waals surface area contributed by atoms with Gasteiger partial charge in [0, 0.05) is 0 Å². The Morgan fingerprint density at radius 2 is 2.11 bits per heavy atom. The first kappa shape index (κ1) is 12.2. The molecule has 0 amide bonds. The minimum atomic E-state index is -3.24. The number of methoxy groups -OCH3 is 1. The number of alkyl halides is 2. The molecule has 0 spiro atoms. The van der Waals surface area contributed by atoms with Gasteiger partial charge in [-0.1, -0.05) is 0 Å². The number of carbonyl (C=O) groups is 1. The normalized spacial score (nSPS) is 10.9. The topological polar surface area (TPSA) is 56.5 Å². The van der Waals surface area contributed by atoms with E-state index in [1.165, 1.54) is 19.2 Å². The third-order valence-corrected chi connectivity index (χ3v) is 2.44. The fourth-order valence-corrected chi connectivity index (χ4v) is 1.52. The second-order valence-electron chi connectivity index (χ2n) is 3.51. The number of rotatable bonds is 3. The van der Waals surface area contributed by atoms with Crippen molar-refractivity contribution in [2.24, 2.45) is 0 Å². The molecule has 2 aromatic rings. The Kier molecular flexibility index (Phi) is 3.10. The zero-order chi connectivity index (χ0) is 13.3. The summed E-state index contributed by atoms with van der Waals surface area (Å²) >= 11 is 0. The van der Waals surface area contributed by atoms with E-state index in [1.54, 1.807) is 6.07 Å². The molecule has 18 heavy (non-hydrogen) atoms. The number of hydrogen-bond donors (Lipinski definition) is 0. The molecule has 94 valence electrons. The second kappa shape index (κ2) is 4.56. The van der Waals surface area contributed by atoms with E-state index < -0.39 is 23.2 Å². The van der Waals surface area contributed by atoms with E-state index >= 15 is 0 Å². The lowest BCUT2D eigenvalue weighted by molar-refractivity contribution is 0.0675. The Hall–Kier alpha value is -2.24. The highest BCUT2D eigenvalue weighted by Gasteiger charge is 2.22. The van der Waals surface area contributed by atoms with Gasteiger partial charge in [-0.2, -0.15) is 0 Å². The number of ether oxygens (including phenoxy) is 1. The van der Waals surface area contributed by atoms with Crippen LogP contribution in [0.25, 0.3) is 11.0 Å². The van der Waals surface area contributed by atoms with Crippen molar-refractivity contribution < 1.29 is 22.7 Å². The highest BCUT2D eigenvalue weighted by Crippen LogP contribution is 2.19. The molecule has 0 atom stereocenters. The van der Waals surface area contributed by atoms with Gasteiger partial charge in [-0.25, -0.2) is 8.78 Å². The van der Waals surface area contributed by atoms with Crippen molar-refractivity contribution in [1.29, 1.82) is 0 Å². The predicted octanol–water partition coefficient (Wildman–Crippen LogP) is 2.25. The molecule has 0 saturated heterocycles. The van der Waals surface area contributed by atoms with Gasteiger partial charge in [0.1, 0.15) is 23.2 Å². The summed E-state index contributed by atoms with van der Waals surface area (Å²) in [6, 6.07) is 4.36. The number of halogens is 2. The van der Waals surface area contributed by atoms with E-state index in [0.29, 0.717) is 5.75 Å². The Balaban J connectivity index is 2.69. The van der Waals surface area contributed by atoms with Crippen molar-refractivity contribution >= 4 is 16.8 Å². The van der Waals surface area contributed by atoms with Gasteiger partial charge in [-0.05, 0) is 18.2 Å². The molecule has 0 aliphatic heterocycles. The summed E-state index contributed by atoms with van der Waals surface area (Å²) in [6.07, 6.45) is -2.48. The van der Waals surface area contributed by atoms with E-state index in [1.807, 2.05) is 0 Å². The van der Waals surface area contributed by atoms with E-state index in [-0.39, 0.29) is 11.0 Å². The number of Topliss-reactive ketones (excluding diaryl/α,β-unsaturated/α-hetero) is 1. The maximum Gasteiger partial charge on any atom is 0.300 e. The summed E-state index contributed by atoms with van der Waals surface area (Å²) in [4.78, 5) is 23.0. The number of benzene rings is 1. The van der Waals surface area contributed by atoms with Crippen LogP contribution in [0.3, 0.4) is 0 Å². The van der Waals surface area contributed by atoms with Crippen LogP contribution in [0.1, 0.15) is 10.4 Å². The Bertz CT molecular complexity index is 661. The molecular weight excluding hydrogens is 246 g/mol. The first-order chi connectivity index (χ1) is 8.54. The minimum Gasteiger partial charge on any atom is -0.497 e. The second-order valence-corrected chi connectivity index (χ2v) is 3.51. The molecule has 0 fully saturated rings. The fourth-order valence-electron chi connectivity index (χ4n) is 1.52. The van der Waals surface area contributed by atoms with Crippen molar-refractivity contribution in [1.82, 2.24) is 0 Å². The molecule has 6 heteroatoms. The van der Waals surface area contributed by atoms with E-state index in [9.17, 15) is 18.4 Å². The molecule has 2 rings (SSSR count). The third-order valence-electron chi connectivity index (χ3n) is 2.44. The largest absolute Gasteiger partial charge is 0.497 e. The fraction of sp³-hybridized carbons (Fsp3) is 0.167. The molecule has 1 heterocycles. The third kappa shape index (κ3) is 1.97. The Morgan fingerprint density at radius 3 is 2.72 bits per heavy atom. The van der Waals surface area contributed by atoms with Gasteiger partial charge >= 0.3 is 6.43 Å². The number of hydrogen-bond acceptors (Lipinski definition) is 4. The van der Waals surface area contributed by atoms with Crippen LogP contribution in [0.15, 0.2) is 33.7 Å². The number of carbonyl (C=O) groups excluding carboxylic acids is 1. The Morgan fingerprint density at radius 1 is 1.39 bits per heavy atom. The number of fused-ring (bicyclic) bond motifs is 1. The van der Waals surface area contributed by atoms with Gasteiger partial charge in [-0.3, -0.25) is 9.59 Å². The van der Waals surface area contributed by atoms with Crippen LogP contribution >= 0.6 is 0 Å². The van der Waals surface area contributed by atoms with Gasteiger partial charge in [0.15, 0.2) is 0 Å². The predicted molar refractivity (Wildman–Crippen MR) is 59.4 cm³/mol. The lowest BCUT2D eigenvalue weighted by atomic mass is 10.1. The molecule has 0 aliphatic rings. The molecule has 0 saturated carbocycles. The van der Waals surface area contributed by atoms with Crippen molar-refractivity contribution in [3.63, 3.8) is 0 Å². The molecule has 1 aromatic carbocycles. The van der Waals surface area contributed by atoms with Crippen molar-refractivity contribution in [3.05, 3.63) is 40.2 Å². The van der Waals surface area contributed by atoms with Crippen LogP contribution in [0.5, 0.6) is 5.75 Å². The SMILES string of the molecule is COc1ccc2occ(C(=O)C(F)F)c(=O)c2c1. The molecule has 0 N–H and O–H groups in total. The van der Waals surface area contributed by atoms with Crippen LogP contribution in [-0.4, -0.2) is 19.3 Å². The Labute approximate surface area is 99.8 Å². The van der Waals surface area contributed by atoms with E-state index in [0.717, 1.165) is 6.26 Å². The summed E-state index contributed by atoms with van der Waals surface area (Å²) in [6.45, 7) is 0. The first-order valence-corrected chi connectivity index (χ1v) is 4.96. The molecule has 0 aliphatic carbocycles. The maximum atomic E-state index is 12.3. The van der Waals surface area contributed by atoms with Crippen LogP contribution < -0.4 is 10.2 Å². The summed E-state index contributed by atoms with van der Waals surface area (Å²) in [5, 5.41) is 0.0286. The molecule has 0 unspecified atom stereocenters. The summed E-state index contributed by atoms with van der Waals surface area (Å²) in [7, 11) is 1.40. The average Bonchev–Trinajstić information content (AvgIpc) is 2.38. The van der Waals surface area contributed by atoms with Crippen molar-refractivity contribution in [2.45, 2.75) is 6.43 Å². The van der Waals surface area contributed by atoms with Gasteiger partial charge in [-0.15, -0.1) is 0 Å². The highest BCUT2D eigenvalue weighted by atomic mass is 19.3. The standard InChI is InChI=1S/C12H8F2O4/c1-17-6-2-3-9-7(4-6)10(15)8(5-18-9)11(16)12(13)14/h2-5,12H,1H3. The lowest BCUT2D eigenvalue weighted by Crippen LogP contribution is -2.20. The minimum absolute atomic E-state index is 0.0286. The van der Waals surface area contributed by atoms with Crippen LogP contribution in [-0.2, 0) is 0 Å². The molecule has 1 aromatic heterocycles. The van der Waals surface area contributed by atoms with Crippen LogP contribution in [0.2, 0.25) is 0 Å². The summed E-state index contributed by atoms with van der Waals surface area (Å²) < 4.78 is 34.5. The quantitative estimate of drug-likeness (QED) is 0.788. The van der Waals surface area contributed by atoms with E-state index in [2.05, 4.69) is 0 Å². The van der Waals surface area contributed by atoms with Gasteiger partial charge in [0.05, 0.1) is 12.5 Å². The van der Waals surface area contributed by atoms with Crippen molar-refractivity contribution in [3.8, 4) is 5.75 Å². The monoisotopic (exact) mass is 254 g/mol. The van der Waals surface area contributed by atoms with Crippen molar-refractivity contribution in [2.75, 3.05) is 7.11 Å². The first-order valence-electron chi connectivity index (χ1n) is 4.96. The number of ketones is 1. The van der Waals surface area contributed by atoms with Gasteiger partial charge in [0.25, 0.3) is 0 Å². The van der Waals surface area contributed by atoms with Gasteiger partial charge in [0.2, 0.25) is 11.2 Å². The smallest absolute Gasteiger partial charge is 0.300 e. The van der Waals surface area contributed by atoms with Crippen LogP contribution in [0.4, 0.5) is 8.78 Å². The summed E-state index contributed by atoms with van der Waals surface area (Å²) in [5.74, 6) is -1.18. The van der Waals surface area contributed by atoms with E-state index in [4.69, 9.17) is 9.15 Å². The molecule has 0 bridgehead atoms. The lowest BCUT2D eigenvalue weighted by Gasteiger charge is -2.03. The summed E-state index contributed by atoms with van der Waals surface area (Å²) in [5.41, 5.74) is -1.25.